The first-order chi connectivity index (χ1) is 8.56. The summed E-state index contributed by atoms with van der Waals surface area (Å²) in [7, 11) is 0. The topological polar surface area (TPSA) is 9.72 Å². The first-order valence-electron chi connectivity index (χ1n) is 7.76. The monoisotopic (exact) mass is 253 g/mol. The third kappa shape index (κ3) is 3.69. The summed E-state index contributed by atoms with van der Waals surface area (Å²) in [5.41, 5.74) is 0. The van der Waals surface area contributed by atoms with E-state index in [9.17, 15) is 0 Å². The van der Waals surface area contributed by atoms with Crippen LogP contribution in [0.25, 0.3) is 0 Å². The highest BCUT2D eigenvalue weighted by atomic mass is 15.3. The van der Waals surface area contributed by atoms with Gasteiger partial charge in [0.1, 0.15) is 0 Å². The van der Waals surface area contributed by atoms with Gasteiger partial charge in [-0.3, -0.25) is 4.90 Å². The third-order valence-electron chi connectivity index (χ3n) is 4.70. The van der Waals surface area contributed by atoms with Gasteiger partial charge >= 0.3 is 0 Å². The van der Waals surface area contributed by atoms with Gasteiger partial charge < -0.3 is 9.80 Å². The van der Waals surface area contributed by atoms with Gasteiger partial charge in [-0.25, -0.2) is 0 Å². The van der Waals surface area contributed by atoms with E-state index < -0.39 is 0 Å². The molecule has 3 heteroatoms. The molecule has 0 radical (unpaired) electrons. The van der Waals surface area contributed by atoms with E-state index in [1.54, 1.807) is 0 Å². The van der Waals surface area contributed by atoms with Crippen molar-refractivity contribution in [3.8, 4) is 0 Å². The van der Waals surface area contributed by atoms with Crippen molar-refractivity contribution in [3.05, 3.63) is 0 Å². The van der Waals surface area contributed by atoms with Gasteiger partial charge in [0.25, 0.3) is 0 Å². The van der Waals surface area contributed by atoms with Crippen molar-refractivity contribution < 1.29 is 0 Å². The van der Waals surface area contributed by atoms with Gasteiger partial charge in [-0.2, -0.15) is 0 Å². The molecule has 0 spiro atoms. The Balaban J connectivity index is 1.69. The van der Waals surface area contributed by atoms with E-state index in [2.05, 4.69) is 42.4 Å². The predicted octanol–water partition coefficient (Wildman–Crippen LogP) is 1.74. The molecule has 0 aromatic heterocycles. The molecule has 2 saturated heterocycles. The molecule has 2 fully saturated rings. The minimum Gasteiger partial charge on any atom is -0.301 e. The van der Waals surface area contributed by atoms with Crippen LogP contribution in [0.15, 0.2) is 0 Å². The van der Waals surface area contributed by atoms with Crippen LogP contribution < -0.4 is 0 Å². The normalized spacial score (nSPS) is 28.7. The maximum absolute atomic E-state index is 2.69. The number of hydrogen-bond donors (Lipinski definition) is 0. The third-order valence-corrected chi connectivity index (χ3v) is 4.70. The summed E-state index contributed by atoms with van der Waals surface area (Å²) in [6.45, 7) is 18.3. The second kappa shape index (κ2) is 6.36. The molecule has 3 nitrogen and oxygen atoms in total. The van der Waals surface area contributed by atoms with Crippen LogP contribution in [0.2, 0.25) is 0 Å². The second-order valence-electron chi connectivity index (χ2n) is 6.67. The van der Waals surface area contributed by atoms with E-state index in [0.717, 1.165) is 18.0 Å². The molecule has 1 atom stereocenters. The molecule has 0 amide bonds. The Labute approximate surface area is 113 Å². The summed E-state index contributed by atoms with van der Waals surface area (Å²) in [6.07, 6.45) is 1.41. The van der Waals surface area contributed by atoms with Crippen molar-refractivity contribution in [1.82, 2.24) is 14.7 Å². The molecule has 0 aliphatic carbocycles. The molecule has 2 aliphatic rings. The van der Waals surface area contributed by atoms with Crippen LogP contribution in [0.3, 0.4) is 0 Å². The fourth-order valence-corrected chi connectivity index (χ4v) is 3.31. The molecule has 2 aliphatic heterocycles. The lowest BCUT2D eigenvalue weighted by molar-refractivity contribution is 0.0967. The minimum absolute atomic E-state index is 0.718. The molecule has 18 heavy (non-hydrogen) atoms. The van der Waals surface area contributed by atoms with Crippen LogP contribution in [0.5, 0.6) is 0 Å². The summed E-state index contributed by atoms with van der Waals surface area (Å²) in [5.74, 6) is 0.915. The van der Waals surface area contributed by atoms with Crippen molar-refractivity contribution >= 4 is 0 Å². The molecular weight excluding hydrogens is 222 g/mol. The van der Waals surface area contributed by atoms with Gasteiger partial charge in [0.15, 0.2) is 0 Å². The van der Waals surface area contributed by atoms with Crippen LogP contribution in [0.4, 0.5) is 0 Å². The SMILES string of the molecule is CC(C)N1CCN(C[C@H]2CCN(C(C)C)C2)CC1. The van der Waals surface area contributed by atoms with Crippen LogP contribution in [-0.4, -0.2) is 72.6 Å². The van der Waals surface area contributed by atoms with Crippen molar-refractivity contribution in [3.63, 3.8) is 0 Å². The van der Waals surface area contributed by atoms with E-state index in [1.807, 2.05) is 0 Å². The number of hydrogen-bond acceptors (Lipinski definition) is 3. The zero-order valence-corrected chi connectivity index (χ0v) is 12.7. The Kier molecular flexibility index (Phi) is 5.05. The lowest BCUT2D eigenvalue weighted by atomic mass is 10.1. The van der Waals surface area contributed by atoms with Crippen molar-refractivity contribution in [2.24, 2.45) is 5.92 Å². The van der Waals surface area contributed by atoms with Gasteiger partial charge in [0, 0.05) is 51.4 Å². The molecule has 2 heterocycles. The van der Waals surface area contributed by atoms with Gasteiger partial charge in [0.2, 0.25) is 0 Å². The highest BCUT2D eigenvalue weighted by Crippen LogP contribution is 2.20. The maximum Gasteiger partial charge on any atom is 0.0113 e. The zero-order valence-electron chi connectivity index (χ0n) is 12.7. The Morgan fingerprint density at radius 1 is 0.833 bits per heavy atom. The zero-order chi connectivity index (χ0) is 13.1. The van der Waals surface area contributed by atoms with E-state index in [4.69, 9.17) is 0 Å². The smallest absolute Gasteiger partial charge is 0.0113 e. The number of nitrogens with zero attached hydrogens (tertiary/aromatic N) is 3. The van der Waals surface area contributed by atoms with E-state index in [1.165, 1.54) is 52.2 Å². The van der Waals surface area contributed by atoms with E-state index in [-0.39, 0.29) is 0 Å². The second-order valence-corrected chi connectivity index (χ2v) is 6.67. The molecule has 0 aromatic rings. The number of likely N-dealkylation sites (tertiary alicyclic amines) is 1. The van der Waals surface area contributed by atoms with Crippen molar-refractivity contribution in [2.75, 3.05) is 45.8 Å². The van der Waals surface area contributed by atoms with Gasteiger partial charge in [0.05, 0.1) is 0 Å². The Bertz CT molecular complexity index is 244. The quantitative estimate of drug-likeness (QED) is 0.756. The molecular formula is C15H31N3. The summed E-state index contributed by atoms with van der Waals surface area (Å²) in [6, 6.07) is 1.45. The van der Waals surface area contributed by atoms with Crippen molar-refractivity contribution in [2.45, 2.75) is 46.2 Å². The lowest BCUT2D eigenvalue weighted by Gasteiger charge is -2.38. The van der Waals surface area contributed by atoms with Crippen LogP contribution >= 0.6 is 0 Å². The van der Waals surface area contributed by atoms with Gasteiger partial charge in [-0.15, -0.1) is 0 Å². The molecule has 0 unspecified atom stereocenters. The lowest BCUT2D eigenvalue weighted by Crippen LogP contribution is -2.50. The summed E-state index contributed by atoms with van der Waals surface area (Å²) in [4.78, 5) is 7.92. The van der Waals surface area contributed by atoms with Crippen LogP contribution in [-0.2, 0) is 0 Å². The highest BCUT2D eigenvalue weighted by Gasteiger charge is 2.27. The fourth-order valence-electron chi connectivity index (χ4n) is 3.31. The molecule has 2 rings (SSSR count). The summed E-state index contributed by atoms with van der Waals surface area (Å²) in [5, 5.41) is 0. The predicted molar refractivity (Wildman–Crippen MR) is 78.0 cm³/mol. The average Bonchev–Trinajstić information content (AvgIpc) is 2.78. The van der Waals surface area contributed by atoms with E-state index >= 15 is 0 Å². The molecule has 106 valence electrons. The molecule has 0 N–H and O–H groups in total. The minimum atomic E-state index is 0.718. The average molecular weight is 253 g/mol. The fraction of sp³-hybridized carbons (Fsp3) is 1.00. The largest absolute Gasteiger partial charge is 0.301 e. The molecule has 0 bridgehead atoms. The van der Waals surface area contributed by atoms with Crippen LogP contribution in [0, 0.1) is 5.92 Å². The molecule has 0 saturated carbocycles. The standard InChI is InChI=1S/C15H31N3/c1-13(2)17-9-7-16(8-10-17)11-15-5-6-18(12-15)14(3)4/h13-15H,5-12H2,1-4H3/t15-/m1/s1. The summed E-state index contributed by atoms with van der Waals surface area (Å²) < 4.78 is 0. The number of piperazine rings is 1. The molecule has 0 aromatic carbocycles. The van der Waals surface area contributed by atoms with E-state index in [0.29, 0.717) is 0 Å². The van der Waals surface area contributed by atoms with Gasteiger partial charge in [-0.1, -0.05) is 0 Å². The summed E-state index contributed by atoms with van der Waals surface area (Å²) >= 11 is 0. The Morgan fingerprint density at radius 2 is 1.44 bits per heavy atom. The first kappa shape index (κ1) is 14.3. The van der Waals surface area contributed by atoms with Gasteiger partial charge in [-0.05, 0) is 46.6 Å². The highest BCUT2D eigenvalue weighted by molar-refractivity contribution is 4.82. The van der Waals surface area contributed by atoms with Crippen molar-refractivity contribution in [1.29, 1.82) is 0 Å². The Hall–Kier alpha value is -0.120. The first-order valence-corrected chi connectivity index (χ1v) is 7.76. The number of rotatable bonds is 4. The maximum atomic E-state index is 2.69. The Morgan fingerprint density at radius 3 is 1.94 bits per heavy atom. The van der Waals surface area contributed by atoms with Crippen LogP contribution in [0.1, 0.15) is 34.1 Å².